The molecular weight excluding hydrogens is 314 g/mol. The second-order valence-electron chi connectivity index (χ2n) is 7.05. The highest BCUT2D eigenvalue weighted by Gasteiger charge is 2.51. The van der Waals surface area contributed by atoms with Gasteiger partial charge in [-0.15, -0.1) is 0 Å². The van der Waals surface area contributed by atoms with Gasteiger partial charge in [0.05, 0.1) is 5.60 Å². The van der Waals surface area contributed by atoms with Gasteiger partial charge in [0.25, 0.3) is 0 Å². The van der Waals surface area contributed by atoms with Gasteiger partial charge in [-0.1, -0.05) is 12.1 Å². The van der Waals surface area contributed by atoms with E-state index in [1.165, 1.54) is 5.56 Å². The molecule has 1 aliphatic heterocycles. The first-order chi connectivity index (χ1) is 12.3. The lowest BCUT2D eigenvalue weighted by molar-refractivity contribution is -0.0843. The molecule has 2 aromatic rings. The molecule has 5 heteroatoms. The zero-order chi connectivity index (χ0) is 17.1. The Morgan fingerprint density at radius 1 is 1.20 bits per heavy atom. The van der Waals surface area contributed by atoms with Crippen LogP contribution >= 0.6 is 0 Å². The van der Waals surface area contributed by atoms with E-state index in [1.54, 1.807) is 6.20 Å². The molecule has 3 heterocycles. The molecule has 0 aromatic carbocycles. The molecule has 0 N–H and O–H groups in total. The van der Waals surface area contributed by atoms with Crippen LogP contribution in [0, 0.1) is 0 Å². The van der Waals surface area contributed by atoms with Crippen LogP contribution in [0.15, 0.2) is 48.9 Å². The Kier molecular flexibility index (Phi) is 4.68. The third-order valence-corrected chi connectivity index (χ3v) is 5.69. The molecule has 0 spiro atoms. The van der Waals surface area contributed by atoms with Crippen LogP contribution in [-0.2, 0) is 11.3 Å². The first kappa shape index (κ1) is 16.5. The lowest BCUT2D eigenvalue weighted by Gasteiger charge is -2.43. The molecule has 1 saturated heterocycles. The summed E-state index contributed by atoms with van der Waals surface area (Å²) in [5.74, 6) is 0.717. The summed E-state index contributed by atoms with van der Waals surface area (Å²) in [4.78, 5) is 11.1. The fraction of sp³-hybridized carbons (Fsp3) is 0.500. The van der Waals surface area contributed by atoms with E-state index in [-0.39, 0.29) is 11.7 Å². The van der Waals surface area contributed by atoms with Crippen molar-refractivity contribution in [2.45, 2.75) is 50.0 Å². The van der Waals surface area contributed by atoms with Crippen molar-refractivity contribution in [2.75, 3.05) is 13.7 Å². The molecule has 25 heavy (non-hydrogen) atoms. The van der Waals surface area contributed by atoms with E-state index < -0.39 is 0 Å². The zero-order valence-electron chi connectivity index (χ0n) is 14.7. The largest absolute Gasteiger partial charge is 0.474 e. The van der Waals surface area contributed by atoms with Crippen LogP contribution in [0.2, 0.25) is 0 Å². The number of ether oxygens (including phenoxy) is 2. The number of methoxy groups -OCH3 is 1. The summed E-state index contributed by atoms with van der Waals surface area (Å²) < 4.78 is 12.2. The van der Waals surface area contributed by atoms with Gasteiger partial charge in [0, 0.05) is 57.3 Å². The Morgan fingerprint density at radius 3 is 2.92 bits per heavy atom. The second kappa shape index (κ2) is 7.10. The van der Waals surface area contributed by atoms with Crippen molar-refractivity contribution in [1.82, 2.24) is 14.9 Å². The van der Waals surface area contributed by atoms with Crippen molar-refractivity contribution in [3.05, 3.63) is 54.5 Å². The average molecular weight is 339 g/mol. The van der Waals surface area contributed by atoms with Gasteiger partial charge in [-0.3, -0.25) is 9.88 Å². The lowest BCUT2D eigenvalue weighted by Crippen LogP contribution is -2.52. The number of rotatable bonds is 5. The molecule has 2 fully saturated rings. The Morgan fingerprint density at radius 2 is 2.16 bits per heavy atom. The van der Waals surface area contributed by atoms with Gasteiger partial charge in [0.15, 0.2) is 0 Å². The minimum atomic E-state index is -0.0355. The quantitative estimate of drug-likeness (QED) is 0.838. The van der Waals surface area contributed by atoms with Gasteiger partial charge < -0.3 is 9.47 Å². The van der Waals surface area contributed by atoms with Crippen LogP contribution < -0.4 is 4.74 Å². The molecule has 1 aliphatic carbocycles. The molecule has 4 rings (SSSR count). The van der Waals surface area contributed by atoms with Crippen LogP contribution in [0.4, 0.5) is 0 Å². The normalized spacial score (nSPS) is 29.3. The van der Waals surface area contributed by atoms with Crippen molar-refractivity contribution in [3.63, 3.8) is 0 Å². The predicted molar refractivity (Wildman–Crippen MR) is 95.3 cm³/mol. The van der Waals surface area contributed by atoms with Crippen LogP contribution in [0.25, 0.3) is 0 Å². The molecule has 0 unspecified atom stereocenters. The maximum atomic E-state index is 6.15. The lowest BCUT2D eigenvalue weighted by atomic mass is 9.79. The third kappa shape index (κ3) is 3.39. The first-order valence-corrected chi connectivity index (χ1v) is 9.05. The van der Waals surface area contributed by atoms with E-state index in [4.69, 9.17) is 9.47 Å². The first-order valence-electron chi connectivity index (χ1n) is 9.05. The van der Waals surface area contributed by atoms with Crippen LogP contribution in [-0.4, -0.2) is 46.3 Å². The number of fused-ring (bicyclic) bond motifs is 1. The van der Waals surface area contributed by atoms with Crippen molar-refractivity contribution >= 4 is 0 Å². The maximum Gasteiger partial charge on any atom is 0.213 e. The van der Waals surface area contributed by atoms with Gasteiger partial charge in [-0.25, -0.2) is 4.98 Å². The Hall–Kier alpha value is -1.98. The van der Waals surface area contributed by atoms with Crippen LogP contribution in [0.3, 0.4) is 0 Å². The van der Waals surface area contributed by atoms with Crippen LogP contribution in [0.5, 0.6) is 5.88 Å². The molecule has 132 valence electrons. The molecule has 2 aliphatic rings. The Bertz CT molecular complexity index is 682. The summed E-state index contributed by atoms with van der Waals surface area (Å²) >= 11 is 0. The fourth-order valence-corrected chi connectivity index (χ4v) is 4.37. The van der Waals surface area contributed by atoms with Crippen molar-refractivity contribution in [1.29, 1.82) is 0 Å². The summed E-state index contributed by atoms with van der Waals surface area (Å²) in [7, 11) is 1.86. The number of likely N-dealkylation sites (tertiary alicyclic amines) is 1. The molecular formula is C20H25N3O2. The molecule has 2 aromatic heterocycles. The summed E-state index contributed by atoms with van der Waals surface area (Å²) in [5, 5.41) is 0. The maximum absolute atomic E-state index is 6.15. The van der Waals surface area contributed by atoms with Crippen molar-refractivity contribution in [3.8, 4) is 5.88 Å². The summed E-state index contributed by atoms with van der Waals surface area (Å²) in [6.07, 6.45) is 9.87. The molecule has 3 atom stereocenters. The number of nitrogens with zero attached hydrogens (tertiary/aromatic N) is 3. The van der Waals surface area contributed by atoms with E-state index in [9.17, 15) is 0 Å². The monoisotopic (exact) mass is 339 g/mol. The van der Waals surface area contributed by atoms with Crippen molar-refractivity contribution < 1.29 is 9.47 Å². The Balaban J connectivity index is 1.48. The molecule has 5 nitrogen and oxygen atoms in total. The van der Waals surface area contributed by atoms with Crippen molar-refractivity contribution in [2.24, 2.45) is 0 Å². The van der Waals surface area contributed by atoms with Gasteiger partial charge in [0.2, 0.25) is 5.88 Å². The highest BCUT2D eigenvalue weighted by Crippen LogP contribution is 2.43. The second-order valence-corrected chi connectivity index (χ2v) is 7.05. The topological polar surface area (TPSA) is 47.5 Å². The zero-order valence-corrected chi connectivity index (χ0v) is 14.7. The van der Waals surface area contributed by atoms with E-state index in [0.717, 1.165) is 38.8 Å². The van der Waals surface area contributed by atoms with E-state index in [0.29, 0.717) is 11.9 Å². The van der Waals surface area contributed by atoms with E-state index >= 15 is 0 Å². The van der Waals surface area contributed by atoms with Gasteiger partial charge >= 0.3 is 0 Å². The highest BCUT2D eigenvalue weighted by atomic mass is 16.5. The summed E-state index contributed by atoms with van der Waals surface area (Å²) in [5.41, 5.74) is 1.22. The minimum Gasteiger partial charge on any atom is -0.474 e. The number of hydrogen-bond acceptors (Lipinski definition) is 5. The average Bonchev–Trinajstić information content (AvgIpc) is 3.02. The summed E-state index contributed by atoms with van der Waals surface area (Å²) in [6.45, 7) is 1.98. The van der Waals surface area contributed by atoms with Crippen LogP contribution in [0.1, 0.15) is 31.2 Å². The molecule has 0 radical (unpaired) electrons. The highest BCUT2D eigenvalue weighted by molar-refractivity contribution is 5.14. The number of hydrogen-bond donors (Lipinski definition) is 0. The Labute approximate surface area is 149 Å². The molecule has 1 saturated carbocycles. The van der Waals surface area contributed by atoms with E-state index in [1.807, 2.05) is 43.8 Å². The molecule has 0 amide bonds. The third-order valence-electron chi connectivity index (χ3n) is 5.69. The fourth-order valence-electron chi connectivity index (χ4n) is 4.37. The smallest absolute Gasteiger partial charge is 0.213 e. The standard InChI is InChI=1S/C20H25N3O2/c1-24-20-8-7-17(25-19-6-2-3-11-22-19)13-18(20)23(12-9-20)15-16-5-4-10-21-14-16/h2-6,10-11,14,17-18H,7-9,12-13,15H2,1H3/t17-,18-,20+/m0/s1. The van der Waals surface area contributed by atoms with Gasteiger partial charge in [0.1, 0.15) is 6.10 Å². The molecule has 0 bridgehead atoms. The van der Waals surface area contributed by atoms with E-state index in [2.05, 4.69) is 20.9 Å². The predicted octanol–water partition coefficient (Wildman–Crippen LogP) is 3.07. The summed E-state index contributed by atoms with van der Waals surface area (Å²) in [6, 6.07) is 10.3. The number of aromatic nitrogens is 2. The minimum absolute atomic E-state index is 0.0355. The van der Waals surface area contributed by atoms with Gasteiger partial charge in [-0.2, -0.15) is 0 Å². The SMILES string of the molecule is CO[C@@]12CC[C@H](Oc3ccccn3)C[C@@H]1N(Cc1cccnc1)CC2. The number of pyridine rings is 2. The van der Waals surface area contributed by atoms with Gasteiger partial charge in [-0.05, 0) is 37.0 Å².